The second-order valence-corrected chi connectivity index (χ2v) is 19.7. The fourth-order valence-corrected chi connectivity index (χ4v) is 11.5. The summed E-state index contributed by atoms with van der Waals surface area (Å²) in [6.07, 6.45) is 8.77. The molecule has 0 bridgehead atoms. The maximum atomic E-state index is 13.8. The Kier molecular flexibility index (Phi) is 12.7. The molecule has 0 spiro atoms. The van der Waals surface area contributed by atoms with Crippen LogP contribution in [0.5, 0.6) is 11.5 Å². The van der Waals surface area contributed by atoms with Gasteiger partial charge in [-0.1, -0.05) is 18.2 Å². The zero-order chi connectivity index (χ0) is 47.9. The van der Waals surface area contributed by atoms with Crippen molar-refractivity contribution in [2.75, 3.05) is 82.6 Å². The number of urea groups is 1. The van der Waals surface area contributed by atoms with E-state index in [1.165, 1.54) is 6.33 Å². The number of imide groups is 2. The van der Waals surface area contributed by atoms with E-state index < -0.39 is 23.8 Å². The number of aromatic nitrogens is 4. The van der Waals surface area contributed by atoms with Crippen molar-refractivity contribution in [1.29, 1.82) is 0 Å². The van der Waals surface area contributed by atoms with Crippen molar-refractivity contribution in [2.24, 2.45) is 5.92 Å². The zero-order valence-corrected chi connectivity index (χ0v) is 39.5. The van der Waals surface area contributed by atoms with E-state index in [2.05, 4.69) is 44.5 Å². The number of nitrogens with one attached hydrogen (secondary N) is 1. The lowest BCUT2D eigenvalue weighted by atomic mass is 9.93. The van der Waals surface area contributed by atoms with Gasteiger partial charge >= 0.3 is 6.03 Å². The third-order valence-corrected chi connectivity index (χ3v) is 15.6. The molecule has 364 valence electrons. The highest BCUT2D eigenvalue weighted by Crippen LogP contribution is 2.37. The van der Waals surface area contributed by atoms with Gasteiger partial charge in [-0.3, -0.25) is 34.3 Å². The largest absolute Gasteiger partial charge is 0.457 e. The molecule has 1 atom stereocenters. The number of piperidine rings is 4. The molecule has 0 saturated carbocycles. The summed E-state index contributed by atoms with van der Waals surface area (Å²) in [7, 11) is 0. The Morgan fingerprint density at radius 3 is 2.09 bits per heavy atom. The van der Waals surface area contributed by atoms with Crippen LogP contribution in [0.3, 0.4) is 0 Å². The van der Waals surface area contributed by atoms with Crippen LogP contribution < -0.4 is 20.7 Å². The van der Waals surface area contributed by atoms with Gasteiger partial charge in [-0.25, -0.2) is 19.4 Å². The summed E-state index contributed by atoms with van der Waals surface area (Å²) in [6, 6.07) is 22.8. The van der Waals surface area contributed by atoms with Crippen molar-refractivity contribution in [3.8, 4) is 22.8 Å². The molecule has 0 aliphatic carbocycles. The minimum atomic E-state index is -0.973. The number of carbonyl (C=O) groups excluding carboxylic acids is 5. The quantitative estimate of drug-likeness (QED) is 0.169. The molecule has 11 rings (SSSR count). The molecule has 18 heteroatoms. The Balaban J connectivity index is 0.606. The summed E-state index contributed by atoms with van der Waals surface area (Å²) in [4.78, 5) is 86.0. The molecule has 5 fully saturated rings. The summed E-state index contributed by atoms with van der Waals surface area (Å²) >= 11 is 0. The van der Waals surface area contributed by atoms with Gasteiger partial charge in [-0.2, -0.15) is 5.10 Å². The molecule has 2 aromatic heterocycles. The van der Waals surface area contributed by atoms with Crippen LogP contribution in [0, 0.1) is 5.92 Å². The van der Waals surface area contributed by atoms with E-state index in [0.717, 1.165) is 161 Å². The summed E-state index contributed by atoms with van der Waals surface area (Å²) in [5.41, 5.74) is 10.4. The number of fused-ring (bicyclic) bond motifs is 2. The van der Waals surface area contributed by atoms with E-state index in [1.54, 1.807) is 12.1 Å². The Labute approximate surface area is 406 Å². The number of anilines is 2. The molecule has 0 radical (unpaired) electrons. The first kappa shape index (κ1) is 45.5. The molecule has 18 nitrogen and oxygen atoms in total. The number of rotatable bonds is 10. The van der Waals surface area contributed by atoms with Crippen LogP contribution in [-0.4, -0.2) is 158 Å². The monoisotopic (exact) mass is 948 g/mol. The predicted octanol–water partition coefficient (Wildman–Crippen LogP) is 5.41. The number of likely N-dealkylation sites (tertiary alicyclic amines) is 3. The average Bonchev–Trinajstić information content (AvgIpc) is 3.91. The van der Waals surface area contributed by atoms with Crippen LogP contribution in [0.1, 0.15) is 84.5 Å². The van der Waals surface area contributed by atoms with Gasteiger partial charge in [0.25, 0.3) is 11.8 Å². The van der Waals surface area contributed by atoms with E-state index in [0.29, 0.717) is 28.9 Å². The third-order valence-electron chi connectivity index (χ3n) is 15.6. The van der Waals surface area contributed by atoms with Crippen molar-refractivity contribution in [1.82, 2.24) is 49.6 Å². The fourth-order valence-electron chi connectivity index (χ4n) is 11.5. The molecule has 3 aromatic carbocycles. The van der Waals surface area contributed by atoms with Gasteiger partial charge in [0.15, 0.2) is 5.65 Å². The molecule has 70 heavy (non-hydrogen) atoms. The molecule has 6 amide bonds. The van der Waals surface area contributed by atoms with Crippen LogP contribution in [0.15, 0.2) is 79.1 Å². The standard InChI is InChI=1S/C52H60N12O6/c53-47-45-46(35-6-9-40(10-7-35)70-39-4-2-1-3-5-39)57-64(48(45)55-33-54-47)37-19-24-59(25-20-37)36-17-26-62(27-18-36)52(69)61-22-15-34(16-23-61)14-21-58-28-30-60(31-29-58)38-8-11-41-42(32-38)51(68)63(50(41)67)43-12-13-44(65)56-49(43)66/h1-11,32-34,36-37,43H,12-31H2,(H2,53,54,55)(H,56,65,66). The van der Waals surface area contributed by atoms with Crippen molar-refractivity contribution < 1.29 is 28.7 Å². The number of nitrogen functional groups attached to an aromatic ring is 1. The Bertz CT molecular complexity index is 2770. The number of nitrogens with two attached hydrogens (primary N) is 1. The van der Waals surface area contributed by atoms with Gasteiger partial charge in [0.05, 0.1) is 22.6 Å². The van der Waals surface area contributed by atoms with Crippen molar-refractivity contribution in [2.45, 2.75) is 75.9 Å². The molecule has 3 N–H and O–H groups in total. The number of amides is 6. The number of hydrogen-bond donors (Lipinski definition) is 2. The van der Waals surface area contributed by atoms with Crippen LogP contribution in [0.2, 0.25) is 0 Å². The highest BCUT2D eigenvalue weighted by molar-refractivity contribution is 6.23. The number of ether oxygens (including phenoxy) is 1. The summed E-state index contributed by atoms with van der Waals surface area (Å²) < 4.78 is 8.09. The van der Waals surface area contributed by atoms with Gasteiger partial charge in [-0.05, 0) is 118 Å². The highest BCUT2D eigenvalue weighted by atomic mass is 16.5. The second kappa shape index (κ2) is 19.5. The van der Waals surface area contributed by atoms with E-state index in [9.17, 15) is 24.0 Å². The molecule has 5 saturated heterocycles. The average molecular weight is 949 g/mol. The highest BCUT2D eigenvalue weighted by Gasteiger charge is 2.45. The van der Waals surface area contributed by atoms with Gasteiger partial charge < -0.3 is 30.1 Å². The predicted molar refractivity (Wildman–Crippen MR) is 262 cm³/mol. The fraction of sp³-hybridized carbons (Fsp3) is 0.462. The van der Waals surface area contributed by atoms with Gasteiger partial charge in [-0.15, -0.1) is 0 Å². The normalized spacial score (nSPS) is 21.5. The van der Waals surface area contributed by atoms with Crippen molar-refractivity contribution in [3.05, 3.63) is 90.3 Å². The van der Waals surface area contributed by atoms with Crippen LogP contribution >= 0.6 is 0 Å². The first-order valence-electron chi connectivity index (χ1n) is 25.1. The molecule has 8 heterocycles. The number of piperazine rings is 1. The van der Waals surface area contributed by atoms with Crippen molar-refractivity contribution >= 4 is 52.2 Å². The molecular formula is C52H60N12O6. The smallest absolute Gasteiger partial charge is 0.319 e. The van der Waals surface area contributed by atoms with Crippen LogP contribution in [-0.2, 0) is 9.59 Å². The number of hydrogen-bond acceptors (Lipinski definition) is 13. The third kappa shape index (κ3) is 9.05. The van der Waals surface area contributed by atoms with E-state index in [1.807, 2.05) is 60.7 Å². The first-order valence-corrected chi connectivity index (χ1v) is 25.1. The van der Waals surface area contributed by atoms with Gasteiger partial charge in [0, 0.05) is 89.2 Å². The number of benzene rings is 3. The zero-order valence-electron chi connectivity index (χ0n) is 39.5. The second-order valence-electron chi connectivity index (χ2n) is 19.7. The molecule has 1 unspecified atom stereocenters. The molecular weight excluding hydrogens is 889 g/mol. The van der Waals surface area contributed by atoms with Gasteiger partial charge in [0.2, 0.25) is 11.8 Å². The molecule has 6 aliphatic rings. The summed E-state index contributed by atoms with van der Waals surface area (Å²) in [5, 5.41) is 8.16. The number of para-hydroxylation sites is 1. The lowest BCUT2D eigenvalue weighted by molar-refractivity contribution is -0.136. The topological polar surface area (TPSA) is 196 Å². The number of carbonyl (C=O) groups is 5. The molecule has 5 aromatic rings. The number of nitrogens with zero attached hydrogens (tertiary/aromatic N) is 10. The Hall–Kier alpha value is -6.92. The SMILES string of the molecule is Nc1ncnc2c1c(-c1ccc(Oc3ccccc3)cc1)nn2C1CCN(C2CCN(C(=O)N3CCC(CCN4CCN(c5ccc6c(c5)C(=O)N(C5CCC(=O)NC5=O)C6=O)CC4)CC3)CC2)CC1. The Morgan fingerprint density at radius 1 is 0.700 bits per heavy atom. The van der Waals surface area contributed by atoms with E-state index >= 15 is 0 Å². The van der Waals surface area contributed by atoms with E-state index in [-0.39, 0.29) is 30.8 Å². The maximum Gasteiger partial charge on any atom is 0.319 e. The van der Waals surface area contributed by atoms with Gasteiger partial charge in [0.1, 0.15) is 35.4 Å². The summed E-state index contributed by atoms with van der Waals surface area (Å²) in [6.45, 7) is 9.52. The maximum absolute atomic E-state index is 13.8. The lowest BCUT2D eigenvalue weighted by Gasteiger charge is -2.43. The van der Waals surface area contributed by atoms with Crippen molar-refractivity contribution in [3.63, 3.8) is 0 Å². The van der Waals surface area contributed by atoms with Crippen LogP contribution in [0.4, 0.5) is 16.3 Å². The van der Waals surface area contributed by atoms with Crippen LogP contribution in [0.25, 0.3) is 22.3 Å². The van der Waals surface area contributed by atoms with E-state index in [4.69, 9.17) is 15.6 Å². The lowest BCUT2D eigenvalue weighted by Crippen LogP contribution is -2.54. The minimum absolute atomic E-state index is 0.0928. The first-order chi connectivity index (χ1) is 34.1. The molecule has 6 aliphatic heterocycles. The summed E-state index contributed by atoms with van der Waals surface area (Å²) in [5.74, 6) is 0.565. The minimum Gasteiger partial charge on any atom is -0.457 e. The Morgan fingerprint density at radius 2 is 1.37 bits per heavy atom.